The van der Waals surface area contributed by atoms with E-state index in [0.29, 0.717) is 5.92 Å². The highest BCUT2D eigenvalue weighted by Crippen LogP contribution is 2.06. The summed E-state index contributed by atoms with van der Waals surface area (Å²) in [4.78, 5) is 8.44. The Kier molecular flexibility index (Phi) is 5.78. The third kappa shape index (κ3) is 4.57. The molecular weight excluding hydrogens is 200 g/mol. The lowest BCUT2D eigenvalue weighted by Gasteiger charge is -2.12. The number of aryl methyl sites for hydroxylation is 1. The summed E-state index contributed by atoms with van der Waals surface area (Å²) in [7, 11) is 1.97. The minimum atomic E-state index is 0.592. The molecule has 0 amide bonds. The highest BCUT2D eigenvalue weighted by molar-refractivity contribution is 5.34. The summed E-state index contributed by atoms with van der Waals surface area (Å²) in [6.45, 7) is 6.31. The monoisotopic (exact) mass is 222 g/mol. The van der Waals surface area contributed by atoms with Crippen LogP contribution in [0.4, 0.5) is 5.82 Å². The van der Waals surface area contributed by atoms with Crippen molar-refractivity contribution in [2.45, 2.75) is 26.7 Å². The molecule has 0 aliphatic carbocycles. The molecule has 0 aliphatic heterocycles. The molecular formula is C12H22N4. The Hall–Kier alpha value is -1.16. The first-order chi connectivity index (χ1) is 7.76. The molecule has 0 radical (unpaired) electrons. The van der Waals surface area contributed by atoms with Gasteiger partial charge in [0.2, 0.25) is 0 Å². The summed E-state index contributed by atoms with van der Waals surface area (Å²) in [5, 5.41) is 6.50. The third-order valence-corrected chi connectivity index (χ3v) is 2.41. The van der Waals surface area contributed by atoms with Crippen molar-refractivity contribution in [1.29, 1.82) is 0 Å². The van der Waals surface area contributed by atoms with Gasteiger partial charge >= 0.3 is 0 Å². The van der Waals surface area contributed by atoms with E-state index >= 15 is 0 Å². The van der Waals surface area contributed by atoms with Gasteiger partial charge in [-0.05, 0) is 25.9 Å². The van der Waals surface area contributed by atoms with Crippen molar-refractivity contribution in [2.24, 2.45) is 5.92 Å². The molecule has 1 heterocycles. The van der Waals surface area contributed by atoms with Gasteiger partial charge in [-0.2, -0.15) is 0 Å². The van der Waals surface area contributed by atoms with Crippen LogP contribution in [0.1, 0.15) is 26.0 Å². The zero-order valence-electron chi connectivity index (χ0n) is 10.5. The highest BCUT2D eigenvalue weighted by Gasteiger charge is 2.02. The normalized spacial score (nSPS) is 12.4. The van der Waals surface area contributed by atoms with Crippen LogP contribution < -0.4 is 10.6 Å². The zero-order valence-corrected chi connectivity index (χ0v) is 10.5. The summed E-state index contributed by atoms with van der Waals surface area (Å²) < 4.78 is 0. The second kappa shape index (κ2) is 7.17. The fraction of sp³-hybridized carbons (Fsp3) is 0.667. The zero-order chi connectivity index (χ0) is 11.8. The number of aromatic nitrogens is 2. The van der Waals surface area contributed by atoms with E-state index in [0.717, 1.165) is 37.4 Å². The van der Waals surface area contributed by atoms with Crippen molar-refractivity contribution < 1.29 is 0 Å². The van der Waals surface area contributed by atoms with Crippen molar-refractivity contribution in [3.8, 4) is 0 Å². The Morgan fingerprint density at radius 1 is 1.31 bits per heavy atom. The minimum absolute atomic E-state index is 0.592. The first-order valence-electron chi connectivity index (χ1n) is 5.95. The SMILES string of the molecule is CCCc1cc(NCC(C)CNC)ncn1. The number of hydrogen-bond acceptors (Lipinski definition) is 4. The number of hydrogen-bond donors (Lipinski definition) is 2. The number of nitrogens with one attached hydrogen (secondary N) is 2. The second-order valence-corrected chi connectivity index (χ2v) is 4.19. The van der Waals surface area contributed by atoms with Crippen LogP contribution in [0, 0.1) is 5.92 Å². The Morgan fingerprint density at radius 3 is 2.81 bits per heavy atom. The lowest BCUT2D eigenvalue weighted by Crippen LogP contribution is -2.23. The van der Waals surface area contributed by atoms with Crippen molar-refractivity contribution in [3.05, 3.63) is 18.1 Å². The number of nitrogens with zero attached hydrogens (tertiary/aromatic N) is 2. The predicted octanol–water partition coefficient (Wildman–Crippen LogP) is 1.70. The quantitative estimate of drug-likeness (QED) is 0.737. The van der Waals surface area contributed by atoms with Crippen LogP contribution in [0.5, 0.6) is 0 Å². The molecule has 0 saturated carbocycles. The van der Waals surface area contributed by atoms with Crippen LogP contribution in [0.2, 0.25) is 0 Å². The topological polar surface area (TPSA) is 49.8 Å². The molecule has 4 nitrogen and oxygen atoms in total. The van der Waals surface area contributed by atoms with E-state index in [1.54, 1.807) is 6.33 Å². The molecule has 0 aliphatic rings. The third-order valence-electron chi connectivity index (χ3n) is 2.41. The van der Waals surface area contributed by atoms with Gasteiger partial charge in [0.25, 0.3) is 0 Å². The molecule has 1 unspecified atom stereocenters. The van der Waals surface area contributed by atoms with Gasteiger partial charge in [0, 0.05) is 18.3 Å². The largest absolute Gasteiger partial charge is 0.370 e. The molecule has 16 heavy (non-hydrogen) atoms. The van der Waals surface area contributed by atoms with Gasteiger partial charge in [0.15, 0.2) is 0 Å². The molecule has 0 bridgehead atoms. The van der Waals surface area contributed by atoms with Gasteiger partial charge in [0.1, 0.15) is 12.1 Å². The van der Waals surface area contributed by atoms with Crippen LogP contribution >= 0.6 is 0 Å². The summed E-state index contributed by atoms with van der Waals surface area (Å²) in [6.07, 6.45) is 3.77. The van der Waals surface area contributed by atoms with Crippen LogP contribution in [-0.4, -0.2) is 30.1 Å². The van der Waals surface area contributed by atoms with E-state index in [1.165, 1.54) is 0 Å². The Bertz CT molecular complexity index is 301. The molecule has 90 valence electrons. The van der Waals surface area contributed by atoms with E-state index < -0.39 is 0 Å². The number of anilines is 1. The van der Waals surface area contributed by atoms with Gasteiger partial charge in [-0.3, -0.25) is 0 Å². The maximum atomic E-state index is 4.23. The number of rotatable bonds is 7. The predicted molar refractivity (Wildman–Crippen MR) is 67.6 cm³/mol. The van der Waals surface area contributed by atoms with Crippen molar-refractivity contribution >= 4 is 5.82 Å². The Labute approximate surface area is 97.9 Å². The van der Waals surface area contributed by atoms with Gasteiger partial charge < -0.3 is 10.6 Å². The van der Waals surface area contributed by atoms with E-state index in [1.807, 2.05) is 13.1 Å². The fourth-order valence-electron chi connectivity index (χ4n) is 1.59. The molecule has 0 aromatic carbocycles. The molecule has 0 fully saturated rings. The van der Waals surface area contributed by atoms with Gasteiger partial charge in [-0.25, -0.2) is 9.97 Å². The molecule has 2 N–H and O–H groups in total. The average molecular weight is 222 g/mol. The molecule has 1 atom stereocenters. The van der Waals surface area contributed by atoms with Crippen molar-refractivity contribution in [2.75, 3.05) is 25.5 Å². The van der Waals surface area contributed by atoms with E-state index in [4.69, 9.17) is 0 Å². The van der Waals surface area contributed by atoms with E-state index in [-0.39, 0.29) is 0 Å². The van der Waals surface area contributed by atoms with Gasteiger partial charge in [0.05, 0.1) is 0 Å². The van der Waals surface area contributed by atoms with Gasteiger partial charge in [-0.1, -0.05) is 20.3 Å². The summed E-state index contributed by atoms with van der Waals surface area (Å²) in [5.41, 5.74) is 1.11. The van der Waals surface area contributed by atoms with Crippen LogP contribution in [-0.2, 0) is 6.42 Å². The molecule has 1 aromatic heterocycles. The highest BCUT2D eigenvalue weighted by atomic mass is 15.0. The Balaban J connectivity index is 2.44. The molecule has 4 heteroatoms. The maximum Gasteiger partial charge on any atom is 0.129 e. The van der Waals surface area contributed by atoms with Crippen molar-refractivity contribution in [3.63, 3.8) is 0 Å². The molecule has 0 spiro atoms. The van der Waals surface area contributed by atoms with Crippen LogP contribution in [0.3, 0.4) is 0 Å². The first kappa shape index (κ1) is 12.9. The summed E-state index contributed by atoms with van der Waals surface area (Å²) in [5.74, 6) is 1.52. The molecule has 1 aromatic rings. The first-order valence-corrected chi connectivity index (χ1v) is 5.95. The lowest BCUT2D eigenvalue weighted by atomic mass is 10.2. The standard InChI is InChI=1S/C12H22N4/c1-4-5-11-6-12(16-9-15-11)14-8-10(2)7-13-3/h6,9-10,13H,4-5,7-8H2,1-3H3,(H,14,15,16). The minimum Gasteiger partial charge on any atom is -0.370 e. The average Bonchev–Trinajstić information content (AvgIpc) is 2.28. The van der Waals surface area contributed by atoms with E-state index in [2.05, 4.69) is 34.4 Å². The smallest absolute Gasteiger partial charge is 0.129 e. The van der Waals surface area contributed by atoms with Gasteiger partial charge in [-0.15, -0.1) is 0 Å². The fourth-order valence-corrected chi connectivity index (χ4v) is 1.59. The Morgan fingerprint density at radius 2 is 2.12 bits per heavy atom. The van der Waals surface area contributed by atoms with Crippen molar-refractivity contribution in [1.82, 2.24) is 15.3 Å². The van der Waals surface area contributed by atoms with E-state index in [9.17, 15) is 0 Å². The maximum absolute atomic E-state index is 4.23. The second-order valence-electron chi connectivity index (χ2n) is 4.19. The summed E-state index contributed by atoms with van der Waals surface area (Å²) in [6, 6.07) is 2.04. The van der Waals surface area contributed by atoms with Crippen LogP contribution in [0.15, 0.2) is 12.4 Å². The lowest BCUT2D eigenvalue weighted by molar-refractivity contribution is 0.568. The molecule has 0 saturated heterocycles. The summed E-state index contributed by atoms with van der Waals surface area (Å²) >= 11 is 0. The van der Waals surface area contributed by atoms with Crippen LogP contribution in [0.25, 0.3) is 0 Å². The molecule has 1 rings (SSSR count).